The molecule has 1 amide bonds. The van der Waals surface area contributed by atoms with Gasteiger partial charge in [-0.2, -0.15) is 0 Å². The van der Waals surface area contributed by atoms with Crippen LogP contribution in [0.25, 0.3) is 11.3 Å². The first-order valence-corrected chi connectivity index (χ1v) is 9.18. The van der Waals surface area contributed by atoms with Gasteiger partial charge in [-0.05, 0) is 38.0 Å². The summed E-state index contributed by atoms with van der Waals surface area (Å²) in [4.78, 5) is 17.0. The van der Waals surface area contributed by atoms with Crippen LogP contribution in [0.5, 0.6) is 5.75 Å². The van der Waals surface area contributed by atoms with Gasteiger partial charge in [0, 0.05) is 16.5 Å². The standard InChI is InChI=1S/C18H22FN3O2S.ClH/c1-18(20)8-4-3-5-12(18)16(23)22-17-21-14(10-25-17)11-6-7-15(24-2)13(19)9-11;/h6-7,9-10,12H,3-5,8,20H2,1-2H3,(H,21,22,23);1H. The second-order valence-corrected chi connectivity index (χ2v) is 7.54. The van der Waals surface area contributed by atoms with Crippen molar-refractivity contribution in [1.82, 2.24) is 4.98 Å². The van der Waals surface area contributed by atoms with Crippen molar-refractivity contribution in [2.24, 2.45) is 11.7 Å². The molecule has 1 aromatic carbocycles. The predicted octanol–water partition coefficient (Wildman–Crippen LogP) is 4.23. The summed E-state index contributed by atoms with van der Waals surface area (Å²) in [5.74, 6) is -0.565. The summed E-state index contributed by atoms with van der Waals surface area (Å²) < 4.78 is 18.8. The molecule has 2 unspecified atom stereocenters. The lowest BCUT2D eigenvalue weighted by Crippen LogP contribution is -2.51. The van der Waals surface area contributed by atoms with Gasteiger partial charge < -0.3 is 15.8 Å². The molecule has 8 heteroatoms. The first kappa shape index (κ1) is 20.6. The SMILES string of the molecule is COc1ccc(-c2csc(NC(=O)C3CCCCC3(C)N)n2)cc1F.Cl. The van der Waals surface area contributed by atoms with Gasteiger partial charge in [0.05, 0.1) is 18.7 Å². The van der Waals surface area contributed by atoms with E-state index in [0.29, 0.717) is 16.4 Å². The number of rotatable bonds is 4. The largest absolute Gasteiger partial charge is 0.494 e. The molecule has 3 N–H and O–H groups in total. The van der Waals surface area contributed by atoms with Crippen molar-refractivity contribution < 1.29 is 13.9 Å². The third-order valence-corrected chi connectivity index (χ3v) is 5.51. The molecule has 1 aromatic heterocycles. The van der Waals surface area contributed by atoms with Crippen LogP contribution in [-0.4, -0.2) is 23.5 Å². The molecule has 142 valence electrons. The highest BCUT2D eigenvalue weighted by Crippen LogP contribution is 2.33. The van der Waals surface area contributed by atoms with Crippen molar-refractivity contribution in [2.75, 3.05) is 12.4 Å². The van der Waals surface area contributed by atoms with E-state index in [0.717, 1.165) is 25.7 Å². The zero-order valence-electron chi connectivity index (χ0n) is 14.8. The van der Waals surface area contributed by atoms with E-state index >= 15 is 0 Å². The number of amides is 1. The van der Waals surface area contributed by atoms with Crippen LogP contribution >= 0.6 is 23.7 Å². The van der Waals surface area contributed by atoms with Gasteiger partial charge in [-0.25, -0.2) is 9.37 Å². The Labute approximate surface area is 162 Å². The molecule has 26 heavy (non-hydrogen) atoms. The molecule has 0 aliphatic heterocycles. The molecular formula is C18H23ClFN3O2S. The Morgan fingerprint density at radius 3 is 2.88 bits per heavy atom. The number of carbonyl (C=O) groups excluding carboxylic acids is 1. The van der Waals surface area contributed by atoms with E-state index < -0.39 is 11.4 Å². The Morgan fingerprint density at radius 2 is 2.23 bits per heavy atom. The molecule has 0 radical (unpaired) electrons. The maximum atomic E-state index is 13.8. The van der Waals surface area contributed by atoms with Crippen LogP contribution in [0.1, 0.15) is 32.6 Å². The van der Waals surface area contributed by atoms with Crippen molar-refractivity contribution in [3.05, 3.63) is 29.4 Å². The van der Waals surface area contributed by atoms with Gasteiger partial charge in [0.15, 0.2) is 16.7 Å². The van der Waals surface area contributed by atoms with Gasteiger partial charge in [-0.3, -0.25) is 4.79 Å². The first-order valence-electron chi connectivity index (χ1n) is 8.30. The van der Waals surface area contributed by atoms with Crippen LogP contribution < -0.4 is 15.8 Å². The smallest absolute Gasteiger partial charge is 0.231 e. The number of halogens is 2. The average molecular weight is 400 g/mol. The van der Waals surface area contributed by atoms with Crippen LogP contribution in [0.4, 0.5) is 9.52 Å². The van der Waals surface area contributed by atoms with Crippen molar-refractivity contribution in [2.45, 2.75) is 38.1 Å². The fraction of sp³-hybridized carbons (Fsp3) is 0.444. The molecule has 0 spiro atoms. The lowest BCUT2D eigenvalue weighted by Gasteiger charge is -2.36. The number of thiazole rings is 1. The summed E-state index contributed by atoms with van der Waals surface area (Å²) in [5, 5.41) is 5.15. The minimum atomic E-state index is -0.485. The zero-order valence-corrected chi connectivity index (χ0v) is 16.4. The minimum Gasteiger partial charge on any atom is -0.494 e. The monoisotopic (exact) mass is 399 g/mol. The van der Waals surface area contributed by atoms with Crippen LogP contribution in [0.3, 0.4) is 0 Å². The summed E-state index contributed by atoms with van der Waals surface area (Å²) in [7, 11) is 1.42. The second kappa shape index (κ2) is 8.33. The average Bonchev–Trinajstić information content (AvgIpc) is 3.02. The summed E-state index contributed by atoms with van der Waals surface area (Å²) in [5.41, 5.74) is 7.05. The quantitative estimate of drug-likeness (QED) is 0.806. The number of ether oxygens (including phenoxy) is 1. The Kier molecular flexibility index (Phi) is 6.60. The van der Waals surface area contributed by atoms with E-state index in [9.17, 15) is 9.18 Å². The first-order chi connectivity index (χ1) is 11.9. The number of methoxy groups -OCH3 is 1. The maximum absolute atomic E-state index is 13.8. The third-order valence-electron chi connectivity index (χ3n) is 4.75. The molecule has 1 fully saturated rings. The fourth-order valence-corrected chi connectivity index (χ4v) is 3.99. The van der Waals surface area contributed by atoms with Gasteiger partial charge in [-0.15, -0.1) is 23.7 Å². The van der Waals surface area contributed by atoms with E-state index in [-0.39, 0.29) is 30.0 Å². The molecule has 0 bridgehead atoms. The third kappa shape index (κ3) is 4.34. The van der Waals surface area contributed by atoms with Crippen LogP contribution in [0.2, 0.25) is 0 Å². The highest BCUT2D eigenvalue weighted by Gasteiger charge is 2.38. The van der Waals surface area contributed by atoms with Gasteiger partial charge in [-0.1, -0.05) is 12.8 Å². The van der Waals surface area contributed by atoms with Gasteiger partial charge >= 0.3 is 0 Å². The number of aromatic nitrogens is 1. The van der Waals surface area contributed by atoms with Crippen molar-refractivity contribution in [3.8, 4) is 17.0 Å². The van der Waals surface area contributed by atoms with E-state index in [1.807, 2.05) is 6.92 Å². The van der Waals surface area contributed by atoms with Crippen molar-refractivity contribution in [3.63, 3.8) is 0 Å². The Hall–Kier alpha value is -1.70. The molecule has 2 aromatic rings. The Balaban J connectivity index is 0.00000243. The molecule has 1 heterocycles. The molecule has 2 atom stereocenters. The van der Waals surface area contributed by atoms with Crippen molar-refractivity contribution >= 4 is 34.8 Å². The molecule has 0 saturated heterocycles. The molecule has 1 saturated carbocycles. The Morgan fingerprint density at radius 1 is 1.46 bits per heavy atom. The fourth-order valence-electron chi connectivity index (χ4n) is 3.27. The lowest BCUT2D eigenvalue weighted by molar-refractivity contribution is -0.122. The van der Waals surface area contributed by atoms with Gasteiger partial charge in [0.1, 0.15) is 0 Å². The summed E-state index contributed by atoms with van der Waals surface area (Å²) in [6, 6.07) is 4.67. The number of benzene rings is 1. The maximum Gasteiger partial charge on any atom is 0.231 e. The number of carbonyl (C=O) groups is 1. The van der Waals surface area contributed by atoms with E-state index in [1.165, 1.54) is 24.5 Å². The lowest BCUT2D eigenvalue weighted by atomic mass is 9.74. The minimum absolute atomic E-state index is 0. The van der Waals surface area contributed by atoms with E-state index in [2.05, 4.69) is 10.3 Å². The topological polar surface area (TPSA) is 77.2 Å². The van der Waals surface area contributed by atoms with Crippen molar-refractivity contribution in [1.29, 1.82) is 0 Å². The van der Waals surface area contributed by atoms with Gasteiger partial charge in [0.2, 0.25) is 5.91 Å². The van der Waals surface area contributed by atoms with E-state index in [1.54, 1.807) is 17.5 Å². The Bertz CT molecular complexity index is 782. The normalized spacial score (nSPS) is 22.4. The number of nitrogens with zero attached hydrogens (tertiary/aromatic N) is 1. The van der Waals surface area contributed by atoms with Crippen LogP contribution in [0.15, 0.2) is 23.6 Å². The zero-order chi connectivity index (χ0) is 18.0. The second-order valence-electron chi connectivity index (χ2n) is 6.68. The highest BCUT2D eigenvalue weighted by molar-refractivity contribution is 7.14. The number of anilines is 1. The molecule has 1 aliphatic rings. The molecule has 1 aliphatic carbocycles. The molecule has 3 rings (SSSR count). The summed E-state index contributed by atoms with van der Waals surface area (Å²) in [6.07, 6.45) is 3.71. The predicted molar refractivity (Wildman–Crippen MR) is 104 cm³/mol. The molecule has 5 nitrogen and oxygen atoms in total. The summed E-state index contributed by atoms with van der Waals surface area (Å²) in [6.45, 7) is 1.93. The van der Waals surface area contributed by atoms with Gasteiger partial charge in [0.25, 0.3) is 0 Å². The number of nitrogens with two attached hydrogens (primary N) is 1. The number of hydrogen-bond donors (Lipinski definition) is 2. The van der Waals surface area contributed by atoms with Crippen LogP contribution in [0, 0.1) is 11.7 Å². The number of hydrogen-bond acceptors (Lipinski definition) is 5. The van der Waals surface area contributed by atoms with E-state index in [4.69, 9.17) is 10.5 Å². The number of nitrogens with one attached hydrogen (secondary N) is 1. The summed E-state index contributed by atoms with van der Waals surface area (Å²) >= 11 is 1.32. The van der Waals surface area contributed by atoms with Crippen LogP contribution in [-0.2, 0) is 4.79 Å². The molecular weight excluding hydrogens is 377 g/mol. The highest BCUT2D eigenvalue weighted by atomic mass is 35.5.